The first kappa shape index (κ1) is 18.3. The third kappa shape index (κ3) is 3.83. The van der Waals surface area contributed by atoms with Crippen LogP contribution >= 0.6 is 0 Å². The first-order chi connectivity index (χ1) is 13.3. The molecule has 2 aliphatic rings. The van der Waals surface area contributed by atoms with Gasteiger partial charge in [0, 0.05) is 13.1 Å². The van der Waals surface area contributed by atoms with Gasteiger partial charge in [-0.2, -0.15) is 0 Å². The molecule has 0 bridgehead atoms. The van der Waals surface area contributed by atoms with Gasteiger partial charge in [-0.3, -0.25) is 0 Å². The third-order valence-corrected chi connectivity index (χ3v) is 5.72. The zero-order chi connectivity index (χ0) is 18.5. The fourth-order valence-electron chi connectivity index (χ4n) is 4.24. The third-order valence-electron chi connectivity index (χ3n) is 5.72. The van der Waals surface area contributed by atoms with Gasteiger partial charge in [-0.15, -0.1) is 0 Å². The van der Waals surface area contributed by atoms with Crippen molar-refractivity contribution in [2.75, 3.05) is 26.8 Å². The van der Waals surface area contributed by atoms with E-state index in [-0.39, 0.29) is 6.10 Å². The van der Waals surface area contributed by atoms with Crippen LogP contribution in [0.25, 0.3) is 0 Å². The number of ether oxygens (including phenoxy) is 3. The zero-order valence-electron chi connectivity index (χ0n) is 16.1. The van der Waals surface area contributed by atoms with Gasteiger partial charge >= 0.3 is 0 Å². The van der Waals surface area contributed by atoms with Crippen LogP contribution in [0.4, 0.5) is 0 Å². The molecule has 0 amide bonds. The largest absolute Gasteiger partial charge is 0.493 e. The van der Waals surface area contributed by atoms with E-state index in [4.69, 9.17) is 14.2 Å². The summed E-state index contributed by atoms with van der Waals surface area (Å²) in [4.78, 5) is 0. The highest BCUT2D eigenvalue weighted by molar-refractivity contribution is 5.48. The Morgan fingerprint density at radius 3 is 2.48 bits per heavy atom. The molecule has 144 valence electrons. The monoisotopic (exact) mass is 367 g/mol. The lowest BCUT2D eigenvalue weighted by molar-refractivity contribution is -0.0406. The standard InChI is InChI=1S/C23H29NO3/c1-25-21-13-12-19(16-22(21)27-20-10-6-3-7-11-20)23(17-24-14-15-26-23)18-8-4-2-5-9-18/h2,4-5,8-9,12-13,16,20,24H,3,6-7,10-11,14-15,17H2,1H3. The van der Waals surface area contributed by atoms with Crippen molar-refractivity contribution in [3.8, 4) is 11.5 Å². The molecule has 1 saturated carbocycles. The molecular formula is C23H29NO3. The maximum atomic E-state index is 6.40. The molecule has 4 nitrogen and oxygen atoms in total. The van der Waals surface area contributed by atoms with Gasteiger partial charge in [0.2, 0.25) is 0 Å². The van der Waals surface area contributed by atoms with Gasteiger partial charge in [0.05, 0.1) is 19.8 Å². The quantitative estimate of drug-likeness (QED) is 0.857. The molecule has 1 aliphatic heterocycles. The number of rotatable bonds is 5. The highest BCUT2D eigenvalue weighted by Gasteiger charge is 2.38. The number of benzene rings is 2. The highest BCUT2D eigenvalue weighted by atomic mass is 16.5. The molecule has 1 N–H and O–H groups in total. The van der Waals surface area contributed by atoms with Crippen LogP contribution in [-0.2, 0) is 10.3 Å². The van der Waals surface area contributed by atoms with Crippen molar-refractivity contribution >= 4 is 0 Å². The molecule has 1 saturated heterocycles. The topological polar surface area (TPSA) is 39.7 Å². The number of hydrogen-bond donors (Lipinski definition) is 1. The minimum absolute atomic E-state index is 0.279. The van der Waals surface area contributed by atoms with Gasteiger partial charge in [-0.05, 0) is 48.9 Å². The van der Waals surface area contributed by atoms with Crippen molar-refractivity contribution in [2.45, 2.75) is 43.8 Å². The SMILES string of the molecule is COc1ccc(C2(c3ccccc3)CNCCO2)cc1OC1CCCCC1. The lowest BCUT2D eigenvalue weighted by Crippen LogP contribution is -2.48. The van der Waals surface area contributed by atoms with Crippen molar-refractivity contribution < 1.29 is 14.2 Å². The van der Waals surface area contributed by atoms with Crippen LogP contribution in [0.1, 0.15) is 43.2 Å². The zero-order valence-corrected chi connectivity index (χ0v) is 16.1. The summed E-state index contributed by atoms with van der Waals surface area (Å²) >= 11 is 0. The minimum Gasteiger partial charge on any atom is -0.493 e. The molecule has 1 heterocycles. The van der Waals surface area contributed by atoms with Crippen molar-refractivity contribution in [1.29, 1.82) is 0 Å². The molecule has 0 spiro atoms. The fourth-order valence-corrected chi connectivity index (χ4v) is 4.24. The molecule has 2 aromatic rings. The Kier molecular flexibility index (Phi) is 5.65. The average Bonchev–Trinajstić information content (AvgIpc) is 2.75. The van der Waals surface area contributed by atoms with Gasteiger partial charge in [-0.25, -0.2) is 0 Å². The second kappa shape index (κ2) is 8.32. The van der Waals surface area contributed by atoms with Crippen LogP contribution in [0.3, 0.4) is 0 Å². The van der Waals surface area contributed by atoms with Crippen LogP contribution in [0.5, 0.6) is 11.5 Å². The van der Waals surface area contributed by atoms with Gasteiger partial charge in [0.1, 0.15) is 5.60 Å². The Labute approximate surface area is 161 Å². The lowest BCUT2D eigenvalue weighted by atomic mass is 9.85. The minimum atomic E-state index is -0.504. The predicted octanol–water partition coefficient (Wildman–Crippen LogP) is 4.27. The van der Waals surface area contributed by atoms with E-state index >= 15 is 0 Å². The molecule has 0 radical (unpaired) electrons. The number of methoxy groups -OCH3 is 1. The van der Waals surface area contributed by atoms with E-state index in [9.17, 15) is 0 Å². The Morgan fingerprint density at radius 1 is 0.963 bits per heavy atom. The molecule has 0 aromatic heterocycles. The lowest BCUT2D eigenvalue weighted by Gasteiger charge is -2.39. The summed E-state index contributed by atoms with van der Waals surface area (Å²) in [6.07, 6.45) is 6.32. The van der Waals surface area contributed by atoms with Crippen molar-refractivity contribution in [1.82, 2.24) is 5.32 Å². The Balaban J connectivity index is 1.71. The number of nitrogens with one attached hydrogen (secondary N) is 1. The van der Waals surface area contributed by atoms with E-state index in [1.54, 1.807) is 7.11 Å². The predicted molar refractivity (Wildman–Crippen MR) is 107 cm³/mol. The van der Waals surface area contributed by atoms with Gasteiger partial charge in [0.25, 0.3) is 0 Å². The normalized spacial score (nSPS) is 23.7. The Hall–Kier alpha value is -2.04. The van der Waals surface area contributed by atoms with Crippen LogP contribution in [-0.4, -0.2) is 32.9 Å². The van der Waals surface area contributed by atoms with Gasteiger partial charge in [0.15, 0.2) is 11.5 Å². The van der Waals surface area contributed by atoms with Crippen LogP contribution < -0.4 is 14.8 Å². The van der Waals surface area contributed by atoms with E-state index < -0.39 is 5.60 Å². The van der Waals surface area contributed by atoms with Crippen molar-refractivity contribution in [3.05, 3.63) is 59.7 Å². The maximum absolute atomic E-state index is 6.40. The van der Waals surface area contributed by atoms with Gasteiger partial charge < -0.3 is 19.5 Å². The van der Waals surface area contributed by atoms with E-state index in [0.717, 1.165) is 48.6 Å². The van der Waals surface area contributed by atoms with Crippen LogP contribution in [0.15, 0.2) is 48.5 Å². The first-order valence-electron chi connectivity index (χ1n) is 10.1. The van der Waals surface area contributed by atoms with Crippen LogP contribution in [0, 0.1) is 0 Å². The molecule has 27 heavy (non-hydrogen) atoms. The average molecular weight is 367 g/mol. The van der Waals surface area contributed by atoms with Crippen LogP contribution in [0.2, 0.25) is 0 Å². The fraction of sp³-hybridized carbons (Fsp3) is 0.478. The summed E-state index contributed by atoms with van der Waals surface area (Å²) in [6, 6.07) is 16.7. The van der Waals surface area contributed by atoms with E-state index in [0.29, 0.717) is 6.61 Å². The summed E-state index contributed by atoms with van der Waals surface area (Å²) in [5.41, 5.74) is 1.76. The molecule has 2 fully saturated rings. The summed E-state index contributed by atoms with van der Waals surface area (Å²) < 4.78 is 18.4. The van der Waals surface area contributed by atoms with Gasteiger partial charge in [-0.1, -0.05) is 42.8 Å². The van der Waals surface area contributed by atoms with E-state index in [1.165, 1.54) is 19.3 Å². The molecule has 1 aliphatic carbocycles. The second-order valence-electron chi connectivity index (χ2n) is 7.46. The van der Waals surface area contributed by atoms with Crippen molar-refractivity contribution in [2.24, 2.45) is 0 Å². The smallest absolute Gasteiger partial charge is 0.161 e. The Morgan fingerprint density at radius 2 is 1.78 bits per heavy atom. The number of morpholine rings is 1. The molecular weight excluding hydrogens is 338 g/mol. The van der Waals surface area contributed by atoms with Crippen molar-refractivity contribution in [3.63, 3.8) is 0 Å². The van der Waals surface area contributed by atoms with E-state index in [2.05, 4.69) is 41.7 Å². The van der Waals surface area contributed by atoms with E-state index in [1.807, 2.05) is 12.1 Å². The maximum Gasteiger partial charge on any atom is 0.161 e. The molecule has 4 rings (SSSR count). The summed E-state index contributed by atoms with van der Waals surface area (Å²) in [5, 5.41) is 3.51. The highest BCUT2D eigenvalue weighted by Crippen LogP contribution is 2.40. The molecule has 2 aromatic carbocycles. The number of hydrogen-bond acceptors (Lipinski definition) is 4. The molecule has 1 unspecified atom stereocenters. The molecule has 1 atom stereocenters. The second-order valence-corrected chi connectivity index (χ2v) is 7.46. The summed E-state index contributed by atoms with van der Waals surface area (Å²) in [5.74, 6) is 1.61. The summed E-state index contributed by atoms with van der Waals surface area (Å²) in [7, 11) is 1.70. The first-order valence-corrected chi connectivity index (χ1v) is 10.1. The summed E-state index contributed by atoms with van der Waals surface area (Å²) in [6.45, 7) is 2.29. The Bertz CT molecular complexity index is 735. The molecule has 4 heteroatoms.